The molecule has 0 aromatic rings. The summed E-state index contributed by atoms with van der Waals surface area (Å²) in [6.07, 6.45) is 5.28. The molecule has 6 heteroatoms. The van der Waals surface area contributed by atoms with Gasteiger partial charge in [-0.25, -0.2) is 12.7 Å². The molecule has 0 radical (unpaired) electrons. The van der Waals surface area contributed by atoms with Gasteiger partial charge in [0.15, 0.2) is 0 Å². The molecule has 0 amide bonds. The average molecular weight is 289 g/mol. The van der Waals surface area contributed by atoms with Gasteiger partial charge in [-0.05, 0) is 46.3 Å². The molecule has 0 aromatic heterocycles. The van der Waals surface area contributed by atoms with E-state index in [2.05, 4.69) is 10.2 Å². The van der Waals surface area contributed by atoms with Crippen molar-refractivity contribution in [1.82, 2.24) is 14.5 Å². The predicted octanol–water partition coefficient (Wildman–Crippen LogP) is 0.484. The van der Waals surface area contributed by atoms with E-state index >= 15 is 0 Å². The van der Waals surface area contributed by atoms with E-state index in [1.54, 1.807) is 4.31 Å². The Morgan fingerprint density at radius 3 is 2.63 bits per heavy atom. The Morgan fingerprint density at radius 1 is 1.26 bits per heavy atom. The highest BCUT2D eigenvalue weighted by molar-refractivity contribution is 7.89. The summed E-state index contributed by atoms with van der Waals surface area (Å²) in [7, 11) is 0.982. The Hall–Kier alpha value is -0.170. The second-order valence-electron chi connectivity index (χ2n) is 6.02. The molecule has 0 bridgehead atoms. The molecule has 2 fully saturated rings. The lowest BCUT2D eigenvalue weighted by Crippen LogP contribution is -2.39. The van der Waals surface area contributed by atoms with Crippen molar-refractivity contribution in [3.8, 4) is 0 Å². The van der Waals surface area contributed by atoms with Gasteiger partial charge in [0, 0.05) is 25.2 Å². The van der Waals surface area contributed by atoms with Gasteiger partial charge in [0.05, 0.1) is 5.75 Å². The number of piperidine rings is 1. The highest BCUT2D eigenvalue weighted by Gasteiger charge is 2.32. The first kappa shape index (κ1) is 15.2. The van der Waals surface area contributed by atoms with E-state index in [0.717, 1.165) is 25.8 Å². The van der Waals surface area contributed by atoms with Gasteiger partial charge in [0.2, 0.25) is 10.0 Å². The standard InChI is InChI=1S/C13H27N3O2S/c1-15(2)13-6-9-16(11-13)19(17,18)10-7-12-5-3-4-8-14-12/h12-14H,3-11H2,1-2H3. The van der Waals surface area contributed by atoms with Crippen LogP contribution in [0.25, 0.3) is 0 Å². The van der Waals surface area contributed by atoms with Crippen LogP contribution in [0.3, 0.4) is 0 Å². The fourth-order valence-corrected chi connectivity index (χ4v) is 4.60. The Morgan fingerprint density at radius 2 is 2.05 bits per heavy atom. The van der Waals surface area contributed by atoms with E-state index in [1.165, 1.54) is 12.8 Å². The largest absolute Gasteiger partial charge is 0.314 e. The van der Waals surface area contributed by atoms with Gasteiger partial charge in [-0.15, -0.1) is 0 Å². The number of likely N-dealkylation sites (N-methyl/N-ethyl adjacent to an activating group) is 1. The van der Waals surface area contributed by atoms with E-state index in [0.29, 0.717) is 30.9 Å². The summed E-state index contributed by atoms with van der Waals surface area (Å²) in [5, 5.41) is 3.42. The third-order valence-corrected chi connectivity index (χ3v) is 6.26. The lowest BCUT2D eigenvalue weighted by Gasteiger charge is -2.25. The first-order valence-electron chi connectivity index (χ1n) is 7.36. The van der Waals surface area contributed by atoms with Crippen LogP contribution in [-0.4, -0.2) is 69.2 Å². The molecule has 19 heavy (non-hydrogen) atoms. The third-order valence-electron chi connectivity index (χ3n) is 4.39. The number of hydrogen-bond donors (Lipinski definition) is 1. The van der Waals surface area contributed by atoms with Crippen LogP contribution in [0.1, 0.15) is 32.1 Å². The van der Waals surface area contributed by atoms with Crippen LogP contribution < -0.4 is 5.32 Å². The van der Waals surface area contributed by atoms with Crippen LogP contribution in [0.4, 0.5) is 0 Å². The van der Waals surface area contributed by atoms with Crippen LogP contribution in [0, 0.1) is 0 Å². The van der Waals surface area contributed by atoms with E-state index in [4.69, 9.17) is 0 Å². The number of nitrogens with one attached hydrogen (secondary N) is 1. The first-order chi connectivity index (χ1) is 8.99. The van der Waals surface area contributed by atoms with Crippen LogP contribution in [0.15, 0.2) is 0 Å². The van der Waals surface area contributed by atoms with Crippen LogP contribution in [0.5, 0.6) is 0 Å². The Kier molecular flexibility index (Phi) is 5.22. The summed E-state index contributed by atoms with van der Waals surface area (Å²) in [5.74, 6) is 0.296. The highest BCUT2D eigenvalue weighted by Crippen LogP contribution is 2.19. The lowest BCUT2D eigenvalue weighted by atomic mass is 10.0. The zero-order valence-corrected chi connectivity index (χ0v) is 13.0. The maximum absolute atomic E-state index is 12.3. The Labute approximate surface area is 117 Å². The van der Waals surface area contributed by atoms with Crippen molar-refractivity contribution in [3.05, 3.63) is 0 Å². The molecule has 112 valence electrons. The maximum Gasteiger partial charge on any atom is 0.214 e. The van der Waals surface area contributed by atoms with Gasteiger partial charge in [0.1, 0.15) is 0 Å². The fraction of sp³-hybridized carbons (Fsp3) is 1.00. The highest BCUT2D eigenvalue weighted by atomic mass is 32.2. The Bertz CT molecular complexity index is 377. The SMILES string of the molecule is CN(C)C1CCN(S(=O)(=O)CCC2CCCCN2)C1. The quantitative estimate of drug-likeness (QED) is 0.800. The van der Waals surface area contributed by atoms with E-state index < -0.39 is 10.0 Å². The molecule has 0 aliphatic carbocycles. The van der Waals surface area contributed by atoms with Gasteiger partial charge in [-0.2, -0.15) is 0 Å². The van der Waals surface area contributed by atoms with Crippen molar-refractivity contribution < 1.29 is 8.42 Å². The van der Waals surface area contributed by atoms with Gasteiger partial charge in [0.25, 0.3) is 0 Å². The summed E-state index contributed by atoms with van der Waals surface area (Å²) in [6, 6.07) is 0.776. The summed E-state index contributed by atoms with van der Waals surface area (Å²) in [5.41, 5.74) is 0. The number of sulfonamides is 1. The molecule has 2 heterocycles. The minimum atomic E-state index is -3.06. The molecule has 2 rings (SSSR count). The van der Waals surface area contributed by atoms with Crippen molar-refractivity contribution in [1.29, 1.82) is 0 Å². The minimum absolute atomic E-state index is 0.296. The predicted molar refractivity (Wildman–Crippen MR) is 77.7 cm³/mol. The van der Waals surface area contributed by atoms with E-state index in [9.17, 15) is 8.42 Å². The van der Waals surface area contributed by atoms with E-state index in [-0.39, 0.29) is 0 Å². The normalized spacial score (nSPS) is 30.1. The molecule has 2 atom stereocenters. The fourth-order valence-electron chi connectivity index (χ4n) is 2.98. The molecule has 2 saturated heterocycles. The molecule has 5 nitrogen and oxygen atoms in total. The third kappa shape index (κ3) is 4.15. The first-order valence-corrected chi connectivity index (χ1v) is 8.97. The molecular weight excluding hydrogens is 262 g/mol. The van der Waals surface area contributed by atoms with Gasteiger partial charge >= 0.3 is 0 Å². The second kappa shape index (κ2) is 6.52. The van der Waals surface area contributed by atoms with Crippen molar-refractivity contribution in [2.24, 2.45) is 0 Å². The van der Waals surface area contributed by atoms with Crippen molar-refractivity contribution in [2.75, 3.05) is 39.5 Å². The van der Waals surface area contributed by atoms with Crippen molar-refractivity contribution in [2.45, 2.75) is 44.2 Å². The van der Waals surface area contributed by atoms with Gasteiger partial charge < -0.3 is 10.2 Å². The lowest BCUT2D eigenvalue weighted by molar-refractivity contribution is 0.302. The topological polar surface area (TPSA) is 52.7 Å². The molecule has 0 saturated carbocycles. The van der Waals surface area contributed by atoms with Gasteiger partial charge in [-0.3, -0.25) is 0 Å². The Balaban J connectivity index is 1.81. The maximum atomic E-state index is 12.3. The van der Waals surface area contributed by atoms with E-state index in [1.807, 2.05) is 14.1 Å². The molecular formula is C13H27N3O2S. The van der Waals surface area contributed by atoms with Crippen LogP contribution >= 0.6 is 0 Å². The molecule has 0 spiro atoms. The number of nitrogens with zero attached hydrogens (tertiary/aromatic N) is 2. The summed E-state index contributed by atoms with van der Waals surface area (Å²) >= 11 is 0. The molecule has 1 N–H and O–H groups in total. The average Bonchev–Trinajstić information content (AvgIpc) is 2.88. The van der Waals surface area contributed by atoms with Crippen LogP contribution in [-0.2, 0) is 10.0 Å². The number of hydrogen-bond acceptors (Lipinski definition) is 4. The molecule has 2 aliphatic heterocycles. The monoisotopic (exact) mass is 289 g/mol. The van der Waals surface area contributed by atoms with Gasteiger partial charge in [-0.1, -0.05) is 6.42 Å². The van der Waals surface area contributed by atoms with Crippen molar-refractivity contribution >= 4 is 10.0 Å². The summed E-state index contributed by atoms with van der Waals surface area (Å²) < 4.78 is 26.3. The second-order valence-corrected chi connectivity index (χ2v) is 8.10. The minimum Gasteiger partial charge on any atom is -0.314 e. The van der Waals surface area contributed by atoms with Crippen LogP contribution in [0.2, 0.25) is 0 Å². The summed E-state index contributed by atoms with van der Waals surface area (Å²) in [4.78, 5) is 2.12. The zero-order chi connectivity index (χ0) is 13.9. The smallest absolute Gasteiger partial charge is 0.214 e. The summed E-state index contributed by atoms with van der Waals surface area (Å²) in [6.45, 7) is 2.38. The molecule has 2 aliphatic rings. The molecule has 0 aromatic carbocycles. The zero-order valence-electron chi connectivity index (χ0n) is 12.1. The molecule has 2 unspecified atom stereocenters. The van der Waals surface area contributed by atoms with Crippen molar-refractivity contribution in [3.63, 3.8) is 0 Å². The number of rotatable bonds is 5.